The highest BCUT2D eigenvalue weighted by Crippen LogP contribution is 2.22. The summed E-state index contributed by atoms with van der Waals surface area (Å²) in [5, 5.41) is 12.9. The van der Waals surface area contributed by atoms with E-state index in [2.05, 4.69) is 5.32 Å². The van der Waals surface area contributed by atoms with Crippen LogP contribution in [0.1, 0.15) is 27.0 Å². The number of para-hydroxylation sites is 1. The summed E-state index contributed by atoms with van der Waals surface area (Å²) >= 11 is 0. The number of ether oxygens (including phenoxy) is 1. The third-order valence-electron chi connectivity index (χ3n) is 5.45. The number of aliphatic carboxylic acids is 1. The number of carboxylic acids is 1. The number of nitrogens with one attached hydrogen (secondary N) is 1. The SMILES string of the molecule is O=C(c1ccccc1)c1ccccc1N[C@@H](Cc1ccc(OCc2ccccc2)cc1)C(=O)O. The van der Waals surface area contributed by atoms with E-state index in [0.29, 0.717) is 29.2 Å². The molecule has 0 saturated carbocycles. The van der Waals surface area contributed by atoms with Gasteiger partial charge in [0.25, 0.3) is 0 Å². The van der Waals surface area contributed by atoms with Crippen molar-refractivity contribution >= 4 is 17.4 Å². The second-order valence-corrected chi connectivity index (χ2v) is 7.90. The van der Waals surface area contributed by atoms with Crippen LogP contribution in [0.4, 0.5) is 5.69 Å². The topological polar surface area (TPSA) is 75.6 Å². The molecule has 2 N–H and O–H groups in total. The molecule has 34 heavy (non-hydrogen) atoms. The first-order valence-electron chi connectivity index (χ1n) is 11.0. The van der Waals surface area contributed by atoms with E-state index < -0.39 is 12.0 Å². The molecule has 0 spiro atoms. The summed E-state index contributed by atoms with van der Waals surface area (Å²) in [6.07, 6.45) is 0.252. The summed E-state index contributed by atoms with van der Waals surface area (Å²) in [6, 6.07) is 32.3. The van der Waals surface area contributed by atoms with Gasteiger partial charge in [-0.15, -0.1) is 0 Å². The van der Waals surface area contributed by atoms with Crippen LogP contribution < -0.4 is 10.1 Å². The molecule has 5 nitrogen and oxygen atoms in total. The molecule has 0 fully saturated rings. The van der Waals surface area contributed by atoms with Crippen LogP contribution in [0.25, 0.3) is 0 Å². The Morgan fingerprint density at radius 3 is 2.03 bits per heavy atom. The first-order valence-corrected chi connectivity index (χ1v) is 11.0. The number of carboxylic acid groups (broad SMARTS) is 1. The largest absolute Gasteiger partial charge is 0.489 e. The predicted molar refractivity (Wildman–Crippen MR) is 132 cm³/mol. The minimum Gasteiger partial charge on any atom is -0.489 e. The van der Waals surface area contributed by atoms with Crippen molar-refractivity contribution in [2.24, 2.45) is 0 Å². The summed E-state index contributed by atoms with van der Waals surface area (Å²) in [4.78, 5) is 25.0. The average Bonchev–Trinajstić information content (AvgIpc) is 2.89. The number of ketones is 1. The van der Waals surface area contributed by atoms with Gasteiger partial charge >= 0.3 is 5.97 Å². The fourth-order valence-electron chi connectivity index (χ4n) is 3.64. The van der Waals surface area contributed by atoms with Crippen LogP contribution >= 0.6 is 0 Å². The second kappa shape index (κ2) is 11.0. The number of hydrogen-bond donors (Lipinski definition) is 2. The fraction of sp³-hybridized carbons (Fsp3) is 0.103. The Bertz CT molecular complexity index is 1240. The van der Waals surface area contributed by atoms with Crippen LogP contribution in [0.5, 0.6) is 5.75 Å². The van der Waals surface area contributed by atoms with Gasteiger partial charge in [-0.3, -0.25) is 4.79 Å². The van der Waals surface area contributed by atoms with Gasteiger partial charge in [0.1, 0.15) is 18.4 Å². The zero-order valence-electron chi connectivity index (χ0n) is 18.6. The Labute approximate surface area is 198 Å². The van der Waals surface area contributed by atoms with Gasteiger partial charge in [-0.1, -0.05) is 84.9 Å². The van der Waals surface area contributed by atoms with Crippen molar-refractivity contribution in [3.8, 4) is 5.75 Å². The minimum atomic E-state index is -0.994. The van der Waals surface area contributed by atoms with Gasteiger partial charge in [0.2, 0.25) is 0 Å². The van der Waals surface area contributed by atoms with Gasteiger partial charge in [0.05, 0.1) is 0 Å². The lowest BCUT2D eigenvalue weighted by Crippen LogP contribution is -2.32. The quantitative estimate of drug-likeness (QED) is 0.307. The molecular formula is C29H25NO4. The number of anilines is 1. The zero-order valence-corrected chi connectivity index (χ0v) is 18.6. The standard InChI is InChI=1S/C29H25NO4/c31-28(23-11-5-2-6-12-23)25-13-7-8-14-26(25)30-27(29(32)33)19-21-15-17-24(18-16-21)34-20-22-9-3-1-4-10-22/h1-18,27,30H,19-20H2,(H,32,33)/t27-/m0/s1. The molecule has 0 radical (unpaired) electrons. The van der Waals surface area contributed by atoms with Gasteiger partial charge < -0.3 is 15.2 Å². The lowest BCUT2D eigenvalue weighted by Gasteiger charge is -2.18. The maximum Gasteiger partial charge on any atom is 0.326 e. The van der Waals surface area contributed by atoms with Gasteiger partial charge in [-0.05, 0) is 35.4 Å². The van der Waals surface area contributed by atoms with Crippen molar-refractivity contribution in [1.29, 1.82) is 0 Å². The molecule has 0 amide bonds. The highest BCUT2D eigenvalue weighted by atomic mass is 16.5. The molecule has 0 unspecified atom stereocenters. The number of benzene rings is 4. The third-order valence-corrected chi connectivity index (χ3v) is 5.45. The monoisotopic (exact) mass is 451 g/mol. The Kier molecular flexibility index (Phi) is 7.35. The zero-order chi connectivity index (χ0) is 23.8. The maximum atomic E-state index is 13.0. The van der Waals surface area contributed by atoms with Crippen LogP contribution in [0.2, 0.25) is 0 Å². The average molecular weight is 452 g/mol. The fourth-order valence-corrected chi connectivity index (χ4v) is 3.64. The van der Waals surface area contributed by atoms with Gasteiger partial charge in [0, 0.05) is 23.2 Å². The van der Waals surface area contributed by atoms with Gasteiger partial charge in [0.15, 0.2) is 5.78 Å². The molecule has 5 heteroatoms. The summed E-state index contributed by atoms with van der Waals surface area (Å²) in [6.45, 7) is 0.464. The van der Waals surface area contributed by atoms with E-state index in [1.165, 1.54) is 0 Å². The number of carbonyl (C=O) groups excluding carboxylic acids is 1. The van der Waals surface area contributed by atoms with Gasteiger partial charge in [-0.25, -0.2) is 4.79 Å². The third kappa shape index (κ3) is 5.90. The van der Waals surface area contributed by atoms with Crippen molar-refractivity contribution in [3.63, 3.8) is 0 Å². The molecular weight excluding hydrogens is 426 g/mol. The smallest absolute Gasteiger partial charge is 0.326 e. The molecule has 0 saturated heterocycles. The molecule has 170 valence electrons. The molecule has 4 aromatic rings. The highest BCUT2D eigenvalue weighted by Gasteiger charge is 2.21. The molecule has 0 aliphatic heterocycles. The molecule has 0 aliphatic rings. The molecule has 4 aromatic carbocycles. The van der Waals surface area contributed by atoms with Crippen LogP contribution in [0.3, 0.4) is 0 Å². The van der Waals surface area contributed by atoms with Crippen molar-refractivity contribution in [2.45, 2.75) is 19.1 Å². The molecule has 0 aromatic heterocycles. The Balaban J connectivity index is 1.44. The van der Waals surface area contributed by atoms with Crippen molar-refractivity contribution in [2.75, 3.05) is 5.32 Å². The van der Waals surface area contributed by atoms with E-state index in [4.69, 9.17) is 4.74 Å². The number of carbonyl (C=O) groups is 2. The molecule has 4 rings (SSSR count). The highest BCUT2D eigenvalue weighted by molar-refractivity contribution is 6.12. The lowest BCUT2D eigenvalue weighted by molar-refractivity contribution is -0.137. The lowest BCUT2D eigenvalue weighted by atomic mass is 10.00. The molecule has 0 bridgehead atoms. The Morgan fingerprint density at radius 2 is 1.35 bits per heavy atom. The molecule has 1 atom stereocenters. The minimum absolute atomic E-state index is 0.159. The van der Waals surface area contributed by atoms with Crippen LogP contribution in [0.15, 0.2) is 109 Å². The van der Waals surface area contributed by atoms with Crippen LogP contribution in [0, 0.1) is 0 Å². The molecule has 0 aliphatic carbocycles. The first kappa shape index (κ1) is 22.8. The summed E-state index contributed by atoms with van der Waals surface area (Å²) in [5.74, 6) is -0.439. The Hall–Kier alpha value is -4.38. The summed E-state index contributed by atoms with van der Waals surface area (Å²) in [7, 11) is 0. The van der Waals surface area contributed by atoms with Crippen molar-refractivity contribution in [3.05, 3.63) is 131 Å². The van der Waals surface area contributed by atoms with E-state index in [9.17, 15) is 14.7 Å². The first-order chi connectivity index (χ1) is 16.6. The van der Waals surface area contributed by atoms with E-state index in [0.717, 1.165) is 11.1 Å². The Morgan fingerprint density at radius 1 is 0.735 bits per heavy atom. The molecule has 0 heterocycles. The second-order valence-electron chi connectivity index (χ2n) is 7.90. The number of hydrogen-bond acceptors (Lipinski definition) is 4. The van der Waals surface area contributed by atoms with Crippen LogP contribution in [-0.4, -0.2) is 22.9 Å². The van der Waals surface area contributed by atoms with E-state index in [1.807, 2.05) is 60.7 Å². The maximum absolute atomic E-state index is 13.0. The predicted octanol–water partition coefficient (Wildman–Crippen LogP) is 5.60. The van der Waals surface area contributed by atoms with E-state index in [1.54, 1.807) is 48.5 Å². The van der Waals surface area contributed by atoms with Crippen molar-refractivity contribution < 1.29 is 19.4 Å². The number of rotatable bonds is 10. The van der Waals surface area contributed by atoms with Crippen molar-refractivity contribution in [1.82, 2.24) is 0 Å². The van der Waals surface area contributed by atoms with Crippen LogP contribution in [-0.2, 0) is 17.8 Å². The van der Waals surface area contributed by atoms with Gasteiger partial charge in [-0.2, -0.15) is 0 Å². The normalized spacial score (nSPS) is 11.4. The van der Waals surface area contributed by atoms with E-state index >= 15 is 0 Å². The summed E-state index contributed by atoms with van der Waals surface area (Å²) < 4.78 is 5.81. The van der Waals surface area contributed by atoms with E-state index in [-0.39, 0.29) is 12.2 Å². The summed E-state index contributed by atoms with van der Waals surface area (Å²) in [5.41, 5.74) is 3.40.